The van der Waals surface area contributed by atoms with Gasteiger partial charge in [0.2, 0.25) is 35.4 Å². The smallest absolute Gasteiger partial charge is 0.243 e. The van der Waals surface area contributed by atoms with E-state index in [2.05, 4.69) is 46.5 Å². The van der Waals surface area contributed by atoms with Gasteiger partial charge in [0.05, 0.1) is 12.4 Å². The largest absolute Gasteiger partial charge is 0.368 e. The van der Waals surface area contributed by atoms with Crippen LogP contribution < -0.4 is 43.8 Å². The molecule has 18 heteroatoms. The van der Waals surface area contributed by atoms with Gasteiger partial charge in [-0.25, -0.2) is 4.98 Å². The summed E-state index contributed by atoms with van der Waals surface area (Å²) in [5.41, 5.74) is 22.0. The molecule has 6 rings (SSSR count). The van der Waals surface area contributed by atoms with Gasteiger partial charge in [0, 0.05) is 71.8 Å². The predicted molar refractivity (Wildman–Crippen MR) is 242 cm³/mol. The number of fused-ring (bicyclic) bond motifs is 2. The first-order chi connectivity index (χ1) is 30.9. The molecule has 0 radical (unpaired) electrons. The fraction of sp³-hybridized carbons (Fsp3) is 0.326. The maximum atomic E-state index is 14.4. The molecule has 0 aliphatic rings. The third kappa shape index (κ3) is 12.4. The molecule has 0 aliphatic carbocycles. The van der Waals surface area contributed by atoms with Crippen LogP contribution >= 0.6 is 0 Å². The number of nitrogens with one attached hydrogen (secondary N) is 8. The summed E-state index contributed by atoms with van der Waals surface area (Å²) >= 11 is 0. The van der Waals surface area contributed by atoms with Crippen LogP contribution in [0.4, 0.5) is 0 Å². The third-order valence-corrected chi connectivity index (χ3v) is 11.1. The molecule has 64 heavy (non-hydrogen) atoms. The summed E-state index contributed by atoms with van der Waals surface area (Å²) in [4.78, 5) is 95.6. The number of nitrogens with two attached hydrogens (primary N) is 3. The molecule has 0 saturated carbocycles. The lowest BCUT2D eigenvalue weighted by atomic mass is 10.0. The van der Waals surface area contributed by atoms with Gasteiger partial charge in [-0.1, -0.05) is 66.7 Å². The van der Waals surface area contributed by atoms with E-state index in [4.69, 9.17) is 17.2 Å². The van der Waals surface area contributed by atoms with Gasteiger partial charge in [-0.2, -0.15) is 0 Å². The predicted octanol–water partition coefficient (Wildman–Crippen LogP) is 1.03. The molecule has 3 aromatic carbocycles. The summed E-state index contributed by atoms with van der Waals surface area (Å²) in [7, 11) is 0. The van der Waals surface area contributed by atoms with E-state index in [-0.39, 0.29) is 32.1 Å². The average Bonchev–Trinajstić information content (AvgIpc) is 4.06. The minimum Gasteiger partial charge on any atom is -0.368 e. The Balaban J connectivity index is 1.22. The highest BCUT2D eigenvalue weighted by molar-refractivity contribution is 5.97. The second kappa shape index (κ2) is 22.2. The molecule has 6 aromatic rings. The monoisotopic (exact) mass is 872 g/mol. The van der Waals surface area contributed by atoms with Crippen LogP contribution in [0.1, 0.15) is 48.6 Å². The van der Waals surface area contributed by atoms with Gasteiger partial charge in [-0.05, 0) is 61.6 Å². The molecule has 18 nitrogen and oxygen atoms in total. The van der Waals surface area contributed by atoms with E-state index in [1.807, 2.05) is 54.6 Å². The second-order valence-electron chi connectivity index (χ2n) is 15.9. The molecule has 6 atom stereocenters. The van der Waals surface area contributed by atoms with Crippen LogP contribution in [0.2, 0.25) is 0 Å². The van der Waals surface area contributed by atoms with E-state index in [0.717, 1.165) is 32.9 Å². The van der Waals surface area contributed by atoms with Gasteiger partial charge in [-0.15, -0.1) is 0 Å². The molecular formula is C46H56N12O6. The molecule has 2 unspecified atom stereocenters. The number of imidazole rings is 1. The Labute approximate surface area is 369 Å². The number of carbonyl (C=O) groups excluding carboxylic acids is 6. The zero-order valence-corrected chi connectivity index (χ0v) is 35.6. The molecule has 3 aromatic heterocycles. The first kappa shape index (κ1) is 46.2. The number of primary amides is 1. The summed E-state index contributed by atoms with van der Waals surface area (Å²) in [5, 5.41) is 15.5. The van der Waals surface area contributed by atoms with Crippen molar-refractivity contribution in [3.63, 3.8) is 0 Å². The molecule has 3 heterocycles. The average molecular weight is 873 g/mol. The molecule has 336 valence electrons. The number of H-pyrrole nitrogens is 3. The molecule has 0 fully saturated rings. The topological polar surface area (TPSA) is 301 Å². The van der Waals surface area contributed by atoms with Gasteiger partial charge in [0.1, 0.15) is 30.2 Å². The van der Waals surface area contributed by atoms with Crippen LogP contribution in [-0.4, -0.2) is 98.2 Å². The Hall–Kier alpha value is -7.31. The van der Waals surface area contributed by atoms with Crippen LogP contribution in [0.5, 0.6) is 0 Å². The van der Waals surface area contributed by atoms with Gasteiger partial charge >= 0.3 is 0 Å². The number of carbonyl (C=O) groups is 6. The van der Waals surface area contributed by atoms with E-state index in [9.17, 15) is 28.8 Å². The van der Waals surface area contributed by atoms with Crippen LogP contribution in [-0.2, 0) is 54.5 Å². The number of para-hydroxylation sites is 2. The van der Waals surface area contributed by atoms with E-state index >= 15 is 0 Å². The van der Waals surface area contributed by atoms with E-state index in [1.54, 1.807) is 42.9 Å². The van der Waals surface area contributed by atoms with E-state index in [1.165, 1.54) is 13.3 Å². The Morgan fingerprint density at radius 1 is 0.594 bits per heavy atom. The number of benzene rings is 3. The molecular weight excluding hydrogens is 817 g/mol. The molecule has 0 spiro atoms. The lowest BCUT2D eigenvalue weighted by Gasteiger charge is -2.26. The minimum absolute atomic E-state index is 0.00159. The Morgan fingerprint density at radius 2 is 1.11 bits per heavy atom. The minimum atomic E-state index is -1.25. The summed E-state index contributed by atoms with van der Waals surface area (Å²) in [6.45, 7) is 1.87. The Kier molecular flexibility index (Phi) is 16.0. The molecule has 0 bridgehead atoms. The van der Waals surface area contributed by atoms with Crippen molar-refractivity contribution in [1.82, 2.24) is 46.5 Å². The van der Waals surface area contributed by atoms with Crippen molar-refractivity contribution in [3.8, 4) is 0 Å². The number of aromatic nitrogens is 4. The van der Waals surface area contributed by atoms with Crippen LogP contribution in [0.15, 0.2) is 104 Å². The van der Waals surface area contributed by atoms with Crippen molar-refractivity contribution < 1.29 is 28.8 Å². The van der Waals surface area contributed by atoms with Crippen molar-refractivity contribution in [2.75, 3.05) is 6.54 Å². The number of rotatable bonds is 23. The fourth-order valence-electron chi connectivity index (χ4n) is 7.52. The molecule has 6 amide bonds. The maximum Gasteiger partial charge on any atom is 0.243 e. The van der Waals surface area contributed by atoms with Gasteiger partial charge in [0.25, 0.3) is 0 Å². The second-order valence-corrected chi connectivity index (χ2v) is 15.9. The van der Waals surface area contributed by atoms with Crippen molar-refractivity contribution in [2.24, 2.45) is 17.2 Å². The highest BCUT2D eigenvalue weighted by Gasteiger charge is 2.33. The summed E-state index contributed by atoms with van der Waals surface area (Å²) in [6.07, 6.45) is 8.21. The lowest BCUT2D eigenvalue weighted by molar-refractivity contribution is -0.134. The first-order valence-electron chi connectivity index (χ1n) is 21.3. The van der Waals surface area contributed by atoms with Crippen molar-refractivity contribution >= 4 is 57.2 Å². The zero-order valence-electron chi connectivity index (χ0n) is 35.6. The van der Waals surface area contributed by atoms with E-state index in [0.29, 0.717) is 30.6 Å². The number of hydrogen-bond acceptors (Lipinski definition) is 9. The highest BCUT2D eigenvalue weighted by Crippen LogP contribution is 2.21. The van der Waals surface area contributed by atoms with Crippen molar-refractivity contribution in [1.29, 1.82) is 0 Å². The van der Waals surface area contributed by atoms with Crippen LogP contribution in [0, 0.1) is 0 Å². The summed E-state index contributed by atoms with van der Waals surface area (Å²) in [5.74, 6) is -4.02. The van der Waals surface area contributed by atoms with E-state index < -0.39 is 71.7 Å². The number of amides is 6. The van der Waals surface area contributed by atoms with Crippen molar-refractivity contribution in [3.05, 3.63) is 126 Å². The number of unbranched alkanes of at least 4 members (excludes halogenated alkanes) is 1. The Bertz CT molecular complexity index is 2520. The van der Waals surface area contributed by atoms with Gasteiger partial charge in [-0.3, -0.25) is 28.8 Å². The van der Waals surface area contributed by atoms with Crippen LogP contribution in [0.25, 0.3) is 21.8 Å². The van der Waals surface area contributed by atoms with Gasteiger partial charge in [0.15, 0.2) is 0 Å². The Morgan fingerprint density at radius 3 is 1.67 bits per heavy atom. The number of nitrogens with zero attached hydrogens (tertiary/aromatic N) is 1. The van der Waals surface area contributed by atoms with Gasteiger partial charge < -0.3 is 58.7 Å². The normalized spacial score (nSPS) is 14.1. The molecule has 0 aliphatic heterocycles. The quantitative estimate of drug-likeness (QED) is 0.0409. The lowest BCUT2D eigenvalue weighted by Crippen LogP contribution is -2.59. The number of aromatic amines is 3. The standard InChI is InChI=1S/C46H56N12O6/c1-27(54-44(62)39(20-29-23-51-35-15-7-5-13-32(29)35)57-43(61)34(48)22-31-25-50-26-53-31)42(60)56-40(21-30-24-52-36-16-8-6-14-33(30)36)46(64)58-38(19-28-11-3-2-4-12-28)45(63)55-37(41(49)59)17-9-10-18-47/h2-8,11-16,23-27,34,37-40,51-52H,9-10,17-22,47-48H2,1H3,(H2,49,59)(H,50,53)(H,54,62)(H,55,63)(H,56,60)(H,57,61)(H,58,64)/t27?,34-,37-,38+,39?,40-/m0/s1. The SMILES string of the molecule is CC(NC(=O)C(Cc1c[nH]c2ccccc12)NC(=O)[C@@H](N)Cc1cnc[nH]1)C(=O)N[C@@H](Cc1c[nH]c2ccccc12)C(=O)N[C@H](Cc1ccccc1)C(=O)N[C@@H](CCCCN)C(N)=O. The third-order valence-electron chi connectivity index (χ3n) is 11.1. The molecule has 0 saturated heterocycles. The summed E-state index contributed by atoms with van der Waals surface area (Å²) in [6, 6.07) is 17.2. The fourth-order valence-corrected chi connectivity index (χ4v) is 7.52. The summed E-state index contributed by atoms with van der Waals surface area (Å²) < 4.78 is 0. The zero-order chi connectivity index (χ0) is 45.6. The van der Waals surface area contributed by atoms with Crippen LogP contribution in [0.3, 0.4) is 0 Å². The van der Waals surface area contributed by atoms with Crippen molar-refractivity contribution in [2.45, 2.75) is 88.1 Å². The molecule has 14 N–H and O–H groups in total. The first-order valence-corrected chi connectivity index (χ1v) is 21.3. The number of hydrogen-bond donors (Lipinski definition) is 11. The highest BCUT2D eigenvalue weighted by atomic mass is 16.2. The maximum absolute atomic E-state index is 14.4.